The second kappa shape index (κ2) is 7.43. The van der Waals surface area contributed by atoms with Crippen molar-refractivity contribution in [3.05, 3.63) is 81.1 Å². The highest BCUT2D eigenvalue weighted by Crippen LogP contribution is 2.29. The summed E-state index contributed by atoms with van der Waals surface area (Å²) >= 11 is 13.7. The maximum atomic E-state index is 13.0. The number of aromatic nitrogens is 3. The number of benzene rings is 2. The van der Waals surface area contributed by atoms with Crippen LogP contribution in [-0.4, -0.2) is 14.5 Å². The zero-order chi connectivity index (χ0) is 19.0. The zero-order valence-corrected chi connectivity index (χ0v) is 16.5. The molecule has 7 heteroatoms. The molecule has 4 rings (SSSR count). The van der Waals surface area contributed by atoms with E-state index in [1.807, 2.05) is 30.3 Å². The number of halogens is 2. The first-order valence-electron chi connectivity index (χ1n) is 8.27. The van der Waals surface area contributed by atoms with Crippen LogP contribution in [0.1, 0.15) is 5.56 Å². The molecule has 0 aliphatic rings. The van der Waals surface area contributed by atoms with E-state index in [0.29, 0.717) is 38.5 Å². The van der Waals surface area contributed by atoms with Gasteiger partial charge in [-0.2, -0.15) is 0 Å². The number of allylic oxidation sites excluding steroid dienone is 1. The highest BCUT2D eigenvalue weighted by Gasteiger charge is 2.15. The third-order valence-corrected chi connectivity index (χ3v) is 5.87. The van der Waals surface area contributed by atoms with E-state index in [9.17, 15) is 4.79 Å². The zero-order valence-electron chi connectivity index (χ0n) is 14.2. The number of para-hydroxylation sites is 1. The van der Waals surface area contributed by atoms with E-state index < -0.39 is 0 Å². The fourth-order valence-electron chi connectivity index (χ4n) is 2.96. The molecular formula is C20H15Cl2N3OS. The minimum Gasteiger partial charge on any atom is -0.349 e. The molecule has 2 heterocycles. The van der Waals surface area contributed by atoms with Gasteiger partial charge in [-0.05, 0) is 23.8 Å². The van der Waals surface area contributed by atoms with Gasteiger partial charge in [-0.15, -0.1) is 6.58 Å². The summed E-state index contributed by atoms with van der Waals surface area (Å²) in [5.74, 6) is 0.577. The van der Waals surface area contributed by atoms with Crippen molar-refractivity contribution in [3.63, 3.8) is 0 Å². The Balaban J connectivity index is 1.82. The first kappa shape index (κ1) is 18.2. The number of nitrogens with one attached hydrogen (secondary N) is 1. The summed E-state index contributed by atoms with van der Waals surface area (Å²) in [6, 6.07) is 13.2. The Hall–Kier alpha value is -2.21. The largest absolute Gasteiger partial charge is 0.349 e. The van der Waals surface area contributed by atoms with Crippen LogP contribution in [-0.2, 0) is 12.3 Å². The Bertz CT molecular complexity index is 1230. The Morgan fingerprint density at radius 3 is 2.81 bits per heavy atom. The third kappa shape index (κ3) is 3.38. The molecule has 0 spiro atoms. The van der Waals surface area contributed by atoms with Gasteiger partial charge < -0.3 is 4.98 Å². The number of rotatable bonds is 5. The Labute approximate surface area is 169 Å². The molecule has 0 unspecified atom stereocenters. The quantitative estimate of drug-likeness (QED) is 0.259. The fraction of sp³-hybridized carbons (Fsp3) is 0.100. The standard InChI is InChI=1S/C20H15Cl2N3OS/c1-2-9-25-19(26)18-17(14-5-3-4-6-16(14)23-18)24-20(25)27-11-12-7-8-13(21)10-15(12)22/h2-8,10,23H,1,9,11H2. The topological polar surface area (TPSA) is 50.7 Å². The molecule has 4 aromatic rings. The molecule has 136 valence electrons. The molecular weight excluding hydrogens is 401 g/mol. The summed E-state index contributed by atoms with van der Waals surface area (Å²) in [7, 11) is 0. The number of hydrogen-bond acceptors (Lipinski definition) is 3. The molecule has 0 atom stereocenters. The molecule has 0 aliphatic carbocycles. The third-order valence-electron chi connectivity index (χ3n) is 4.26. The first-order chi connectivity index (χ1) is 13.1. The van der Waals surface area contributed by atoms with Gasteiger partial charge in [0.2, 0.25) is 0 Å². The summed E-state index contributed by atoms with van der Waals surface area (Å²) in [6.07, 6.45) is 1.69. The summed E-state index contributed by atoms with van der Waals surface area (Å²) in [4.78, 5) is 21.0. The summed E-state index contributed by atoms with van der Waals surface area (Å²) < 4.78 is 1.62. The van der Waals surface area contributed by atoms with Crippen molar-refractivity contribution in [3.8, 4) is 0 Å². The van der Waals surface area contributed by atoms with E-state index in [4.69, 9.17) is 28.2 Å². The number of aromatic amines is 1. The van der Waals surface area contributed by atoms with Gasteiger partial charge in [0.15, 0.2) is 5.16 Å². The molecule has 0 bridgehead atoms. The van der Waals surface area contributed by atoms with Crippen molar-refractivity contribution >= 4 is 56.9 Å². The van der Waals surface area contributed by atoms with Gasteiger partial charge >= 0.3 is 0 Å². The highest BCUT2D eigenvalue weighted by atomic mass is 35.5. The number of H-pyrrole nitrogens is 1. The minimum atomic E-state index is -0.110. The summed E-state index contributed by atoms with van der Waals surface area (Å²) in [6.45, 7) is 4.14. The lowest BCUT2D eigenvalue weighted by Gasteiger charge is -2.11. The molecule has 0 radical (unpaired) electrons. The van der Waals surface area contributed by atoms with Gasteiger partial charge in [0, 0.05) is 33.2 Å². The fourth-order valence-corrected chi connectivity index (χ4v) is 4.52. The lowest BCUT2D eigenvalue weighted by Crippen LogP contribution is -2.22. The number of fused-ring (bicyclic) bond motifs is 3. The van der Waals surface area contributed by atoms with E-state index in [1.54, 1.807) is 22.8 Å². The second-order valence-corrected chi connectivity index (χ2v) is 7.80. The summed E-state index contributed by atoms with van der Waals surface area (Å²) in [5, 5.41) is 2.75. The summed E-state index contributed by atoms with van der Waals surface area (Å²) in [5.41, 5.74) is 2.91. The van der Waals surface area contributed by atoms with Crippen LogP contribution < -0.4 is 5.56 Å². The number of hydrogen-bond donors (Lipinski definition) is 1. The van der Waals surface area contributed by atoms with Crippen LogP contribution in [0.3, 0.4) is 0 Å². The smallest absolute Gasteiger partial charge is 0.278 e. The Morgan fingerprint density at radius 1 is 1.22 bits per heavy atom. The SMILES string of the molecule is C=CCn1c(SCc2ccc(Cl)cc2Cl)nc2c([nH]c3ccccc32)c1=O. The molecule has 2 aromatic heterocycles. The molecule has 0 fully saturated rings. The number of thioether (sulfide) groups is 1. The Kier molecular flexibility index (Phi) is 5.00. The van der Waals surface area contributed by atoms with E-state index in [1.165, 1.54) is 11.8 Å². The maximum Gasteiger partial charge on any atom is 0.278 e. The predicted octanol–water partition coefficient (Wildman–Crippen LogP) is 5.66. The monoisotopic (exact) mass is 415 g/mol. The van der Waals surface area contributed by atoms with Gasteiger partial charge in [0.25, 0.3) is 5.56 Å². The van der Waals surface area contributed by atoms with Crippen LogP contribution in [0.15, 0.2) is 65.1 Å². The molecule has 1 N–H and O–H groups in total. The molecule has 0 saturated carbocycles. The molecule has 27 heavy (non-hydrogen) atoms. The van der Waals surface area contributed by atoms with Crippen molar-refractivity contribution in [2.24, 2.45) is 0 Å². The predicted molar refractivity (Wildman–Crippen MR) is 114 cm³/mol. The van der Waals surface area contributed by atoms with Gasteiger partial charge in [-0.25, -0.2) is 4.98 Å². The molecule has 0 aliphatic heterocycles. The van der Waals surface area contributed by atoms with E-state index in [2.05, 4.69) is 11.6 Å². The molecule has 0 amide bonds. The second-order valence-electron chi connectivity index (χ2n) is 6.02. The lowest BCUT2D eigenvalue weighted by molar-refractivity contribution is 0.671. The Morgan fingerprint density at radius 2 is 2.04 bits per heavy atom. The van der Waals surface area contributed by atoms with Crippen LogP contribution in [0.4, 0.5) is 0 Å². The van der Waals surface area contributed by atoms with Crippen molar-refractivity contribution in [2.75, 3.05) is 0 Å². The van der Waals surface area contributed by atoms with Gasteiger partial charge in [0.05, 0.1) is 0 Å². The molecule has 4 nitrogen and oxygen atoms in total. The molecule has 2 aromatic carbocycles. The first-order valence-corrected chi connectivity index (χ1v) is 10.0. The lowest BCUT2D eigenvalue weighted by atomic mass is 10.2. The van der Waals surface area contributed by atoms with Crippen LogP contribution >= 0.6 is 35.0 Å². The van der Waals surface area contributed by atoms with E-state index in [-0.39, 0.29) is 5.56 Å². The van der Waals surface area contributed by atoms with Crippen LogP contribution in [0.2, 0.25) is 10.0 Å². The van der Waals surface area contributed by atoms with Crippen molar-refractivity contribution in [1.82, 2.24) is 14.5 Å². The van der Waals surface area contributed by atoms with Crippen molar-refractivity contribution < 1.29 is 0 Å². The van der Waals surface area contributed by atoms with Crippen LogP contribution in [0.5, 0.6) is 0 Å². The van der Waals surface area contributed by atoms with Crippen molar-refractivity contribution in [2.45, 2.75) is 17.5 Å². The average molecular weight is 416 g/mol. The molecule has 0 saturated heterocycles. The van der Waals surface area contributed by atoms with Crippen LogP contribution in [0, 0.1) is 0 Å². The normalized spacial score (nSPS) is 11.3. The van der Waals surface area contributed by atoms with Gasteiger partial charge in [0.1, 0.15) is 11.0 Å². The maximum absolute atomic E-state index is 13.0. The van der Waals surface area contributed by atoms with E-state index >= 15 is 0 Å². The highest BCUT2D eigenvalue weighted by molar-refractivity contribution is 7.98. The van der Waals surface area contributed by atoms with E-state index in [0.717, 1.165) is 16.5 Å². The minimum absolute atomic E-state index is 0.110. The van der Waals surface area contributed by atoms with Crippen LogP contribution in [0.25, 0.3) is 21.9 Å². The average Bonchev–Trinajstić information content (AvgIpc) is 3.03. The number of nitrogens with zero attached hydrogens (tertiary/aromatic N) is 2. The van der Waals surface area contributed by atoms with Gasteiger partial charge in [-0.1, -0.05) is 65.3 Å². The van der Waals surface area contributed by atoms with Crippen molar-refractivity contribution in [1.29, 1.82) is 0 Å². The van der Waals surface area contributed by atoms with Gasteiger partial charge in [-0.3, -0.25) is 9.36 Å².